The van der Waals surface area contributed by atoms with Crippen LogP contribution in [0.1, 0.15) is 11.1 Å². The molecule has 184 valence electrons. The molecule has 0 unspecified atom stereocenters. The van der Waals surface area contributed by atoms with E-state index in [0.29, 0.717) is 41.7 Å². The molecule has 0 radical (unpaired) electrons. The highest BCUT2D eigenvalue weighted by Gasteiger charge is 2.31. The van der Waals surface area contributed by atoms with E-state index in [2.05, 4.69) is 14.6 Å². The number of rotatable bonds is 7. The second-order valence-electron chi connectivity index (χ2n) is 7.84. The summed E-state index contributed by atoms with van der Waals surface area (Å²) in [6, 6.07) is 11.8. The molecular weight excluding hydrogens is 491 g/mol. The minimum Gasteiger partial charge on any atom is -0.406 e. The smallest absolute Gasteiger partial charge is 0.406 e. The summed E-state index contributed by atoms with van der Waals surface area (Å²) in [5.41, 5.74) is 2.49. The molecule has 3 aromatic rings. The van der Waals surface area contributed by atoms with Gasteiger partial charge in [-0.2, -0.15) is 0 Å². The van der Waals surface area contributed by atoms with Crippen LogP contribution in [0.3, 0.4) is 0 Å². The Morgan fingerprint density at radius 1 is 1.21 bits per heavy atom. The van der Waals surface area contributed by atoms with Crippen LogP contribution in [0.15, 0.2) is 42.5 Å². The summed E-state index contributed by atoms with van der Waals surface area (Å²) < 4.78 is 47.7. The number of halogens is 4. The Morgan fingerprint density at radius 2 is 1.97 bits per heavy atom. The minimum absolute atomic E-state index is 0. The maximum absolute atomic E-state index is 13.3. The third-order valence-corrected chi connectivity index (χ3v) is 6.34. The zero-order chi connectivity index (χ0) is 23.4. The van der Waals surface area contributed by atoms with Crippen molar-refractivity contribution in [1.29, 1.82) is 0 Å². The van der Waals surface area contributed by atoms with E-state index in [1.165, 1.54) is 29.5 Å². The average Bonchev–Trinajstić information content (AvgIpc) is 3.16. The van der Waals surface area contributed by atoms with Gasteiger partial charge in [-0.3, -0.25) is 14.6 Å². The molecule has 2 heterocycles. The maximum atomic E-state index is 13.3. The predicted octanol–water partition coefficient (Wildman–Crippen LogP) is 4.83. The van der Waals surface area contributed by atoms with E-state index in [1.54, 1.807) is 4.90 Å². The zero-order valence-corrected chi connectivity index (χ0v) is 20.1. The molecule has 0 atom stereocenters. The number of amides is 1. The lowest BCUT2D eigenvalue weighted by Gasteiger charge is -2.29. The monoisotopic (exact) mass is 515 g/mol. The molecule has 11 heteroatoms. The SMILES string of the molecule is Cc1cccc(CC(=O)N(CCN2CCOCC2)c2nc3ccc(OC(F)(F)F)cc3s2)c1.Cl. The third-order valence-electron chi connectivity index (χ3n) is 5.30. The molecule has 1 aromatic heterocycles. The predicted molar refractivity (Wildman–Crippen MR) is 128 cm³/mol. The Bertz CT molecular complexity index is 1120. The minimum atomic E-state index is -4.77. The Morgan fingerprint density at radius 3 is 2.68 bits per heavy atom. The van der Waals surface area contributed by atoms with Gasteiger partial charge < -0.3 is 9.47 Å². The third kappa shape index (κ3) is 7.05. The molecule has 0 saturated carbocycles. The molecule has 6 nitrogen and oxygen atoms in total. The van der Waals surface area contributed by atoms with Crippen molar-refractivity contribution in [2.75, 3.05) is 44.3 Å². The number of thiazole rings is 1. The van der Waals surface area contributed by atoms with E-state index in [1.807, 2.05) is 31.2 Å². The lowest BCUT2D eigenvalue weighted by atomic mass is 10.1. The number of aromatic nitrogens is 1. The molecule has 34 heavy (non-hydrogen) atoms. The largest absolute Gasteiger partial charge is 0.573 e. The average molecular weight is 516 g/mol. The van der Waals surface area contributed by atoms with Gasteiger partial charge in [0.2, 0.25) is 5.91 Å². The van der Waals surface area contributed by atoms with Gasteiger partial charge in [0.15, 0.2) is 5.13 Å². The Labute approximate surface area is 205 Å². The summed E-state index contributed by atoms with van der Waals surface area (Å²) in [5.74, 6) is -0.421. The van der Waals surface area contributed by atoms with E-state index in [9.17, 15) is 18.0 Å². The molecule has 1 fully saturated rings. The second-order valence-corrected chi connectivity index (χ2v) is 8.85. The molecule has 0 aliphatic carbocycles. The Balaban J connectivity index is 0.00000324. The fraction of sp³-hybridized carbons (Fsp3) is 0.391. The van der Waals surface area contributed by atoms with Crippen LogP contribution in [0.5, 0.6) is 5.75 Å². The van der Waals surface area contributed by atoms with Crippen molar-refractivity contribution in [2.24, 2.45) is 0 Å². The number of hydrogen-bond acceptors (Lipinski definition) is 6. The summed E-state index contributed by atoms with van der Waals surface area (Å²) in [6.07, 6.45) is -4.56. The number of nitrogens with zero attached hydrogens (tertiary/aromatic N) is 3. The first-order valence-corrected chi connectivity index (χ1v) is 11.4. The van der Waals surface area contributed by atoms with Crippen LogP contribution in [0, 0.1) is 6.92 Å². The molecule has 1 aliphatic rings. The lowest BCUT2D eigenvalue weighted by Crippen LogP contribution is -2.43. The van der Waals surface area contributed by atoms with Crippen LogP contribution < -0.4 is 9.64 Å². The van der Waals surface area contributed by atoms with Gasteiger partial charge in [0.1, 0.15) is 5.75 Å². The van der Waals surface area contributed by atoms with Gasteiger partial charge in [-0.15, -0.1) is 25.6 Å². The molecule has 4 rings (SSSR count). The molecule has 1 amide bonds. The number of aryl methyl sites for hydroxylation is 1. The topological polar surface area (TPSA) is 54.9 Å². The van der Waals surface area contributed by atoms with Crippen LogP contribution in [-0.2, 0) is 16.0 Å². The first-order valence-electron chi connectivity index (χ1n) is 10.6. The van der Waals surface area contributed by atoms with Gasteiger partial charge in [-0.25, -0.2) is 4.98 Å². The molecule has 0 N–H and O–H groups in total. The van der Waals surface area contributed by atoms with Gasteiger partial charge in [-0.05, 0) is 24.6 Å². The van der Waals surface area contributed by atoms with Crippen molar-refractivity contribution < 1.29 is 27.4 Å². The highest BCUT2D eigenvalue weighted by atomic mass is 35.5. The fourth-order valence-electron chi connectivity index (χ4n) is 3.69. The number of benzene rings is 2. The van der Waals surface area contributed by atoms with Gasteiger partial charge >= 0.3 is 6.36 Å². The number of carbonyl (C=O) groups is 1. The van der Waals surface area contributed by atoms with Crippen LogP contribution >= 0.6 is 23.7 Å². The van der Waals surface area contributed by atoms with Gasteiger partial charge in [0, 0.05) is 32.2 Å². The maximum Gasteiger partial charge on any atom is 0.573 e. The van der Waals surface area contributed by atoms with Gasteiger partial charge in [0.05, 0.1) is 29.9 Å². The van der Waals surface area contributed by atoms with E-state index >= 15 is 0 Å². The number of alkyl halides is 3. The van der Waals surface area contributed by atoms with Gasteiger partial charge in [0.25, 0.3) is 0 Å². The van der Waals surface area contributed by atoms with Gasteiger partial charge in [-0.1, -0.05) is 41.2 Å². The highest BCUT2D eigenvalue weighted by Crippen LogP contribution is 2.33. The van der Waals surface area contributed by atoms with Crippen molar-refractivity contribution in [3.05, 3.63) is 53.6 Å². The summed E-state index contributed by atoms with van der Waals surface area (Å²) in [7, 11) is 0. The van der Waals surface area contributed by atoms with E-state index < -0.39 is 6.36 Å². The van der Waals surface area contributed by atoms with Crippen LogP contribution in [-0.4, -0.2) is 61.5 Å². The second kappa shape index (κ2) is 11.4. The molecule has 1 aliphatic heterocycles. The number of hydrogen-bond donors (Lipinski definition) is 0. The van der Waals surface area contributed by atoms with E-state index in [0.717, 1.165) is 24.2 Å². The summed E-state index contributed by atoms with van der Waals surface area (Å²) in [4.78, 5) is 21.7. The molecule has 0 spiro atoms. The zero-order valence-electron chi connectivity index (χ0n) is 18.5. The first-order chi connectivity index (χ1) is 15.8. The highest BCUT2D eigenvalue weighted by molar-refractivity contribution is 7.22. The number of carbonyl (C=O) groups excluding carboxylic acids is 1. The first kappa shape index (κ1) is 26.2. The Hall–Kier alpha value is -2.40. The number of morpholine rings is 1. The normalized spacial score (nSPS) is 14.6. The van der Waals surface area contributed by atoms with E-state index in [4.69, 9.17) is 4.74 Å². The summed E-state index contributed by atoms with van der Waals surface area (Å²) >= 11 is 1.18. The molecular formula is C23H25ClF3N3O3S. The van der Waals surface area contributed by atoms with Crippen LogP contribution in [0.2, 0.25) is 0 Å². The number of fused-ring (bicyclic) bond motifs is 1. The standard InChI is InChI=1S/C23H24F3N3O3S.ClH/c1-16-3-2-4-17(13-16)14-21(30)29(8-7-28-9-11-31-12-10-28)22-27-19-6-5-18(15-20(19)33-22)32-23(24,25)26;/h2-6,13,15H,7-12,14H2,1H3;1H. The van der Waals surface area contributed by atoms with Crippen LogP contribution in [0.25, 0.3) is 10.2 Å². The number of ether oxygens (including phenoxy) is 2. The molecule has 2 aromatic carbocycles. The lowest BCUT2D eigenvalue weighted by molar-refractivity contribution is -0.274. The van der Waals surface area contributed by atoms with Crippen molar-refractivity contribution in [2.45, 2.75) is 19.7 Å². The van der Waals surface area contributed by atoms with Crippen molar-refractivity contribution >= 4 is 45.0 Å². The number of anilines is 1. The quantitative estimate of drug-likeness (QED) is 0.451. The summed E-state index contributed by atoms with van der Waals surface area (Å²) in [5, 5.41) is 0.458. The van der Waals surface area contributed by atoms with Crippen molar-refractivity contribution in [1.82, 2.24) is 9.88 Å². The van der Waals surface area contributed by atoms with Crippen molar-refractivity contribution in [3.8, 4) is 5.75 Å². The van der Waals surface area contributed by atoms with Crippen molar-refractivity contribution in [3.63, 3.8) is 0 Å². The molecule has 1 saturated heterocycles. The fourth-order valence-corrected chi connectivity index (χ4v) is 4.73. The van der Waals surface area contributed by atoms with E-state index in [-0.39, 0.29) is 30.5 Å². The van der Waals surface area contributed by atoms with Crippen LogP contribution in [0.4, 0.5) is 18.3 Å². The Kier molecular flexibility index (Phi) is 8.75. The molecule has 0 bridgehead atoms. The summed E-state index contributed by atoms with van der Waals surface area (Å²) in [6.45, 7) is 5.94.